The highest BCUT2D eigenvalue weighted by Gasteiger charge is 2.29. The Morgan fingerprint density at radius 2 is 1.78 bits per heavy atom. The Morgan fingerprint density at radius 3 is 2.43 bits per heavy atom. The summed E-state index contributed by atoms with van der Waals surface area (Å²) in [7, 11) is 0. The first-order valence-corrected chi connectivity index (χ1v) is 6.82. The second-order valence-electron chi connectivity index (χ2n) is 5.04. The molecule has 0 bridgehead atoms. The minimum absolute atomic E-state index is 0.114. The Bertz CT molecular complexity index is 807. The minimum atomic E-state index is -4.34. The van der Waals surface area contributed by atoms with Gasteiger partial charge in [-0.3, -0.25) is 0 Å². The molecule has 3 rings (SSSR count). The topological polar surface area (TPSA) is 46.3 Å². The fraction of sp³-hybridized carbons (Fsp3) is 0.118. The normalized spacial score (nSPS) is 11.6. The van der Waals surface area contributed by atoms with Crippen molar-refractivity contribution < 1.29 is 22.7 Å². The fourth-order valence-electron chi connectivity index (χ4n) is 2.17. The summed E-state index contributed by atoms with van der Waals surface area (Å²) >= 11 is 0. The van der Waals surface area contributed by atoms with Gasteiger partial charge in [0.1, 0.15) is 5.75 Å². The van der Waals surface area contributed by atoms with Crippen LogP contribution in [0.3, 0.4) is 0 Å². The Labute approximate surface area is 130 Å². The number of aromatic nitrogens is 1. The molecule has 1 heterocycles. The maximum atomic E-state index is 12.5. The zero-order valence-corrected chi connectivity index (χ0v) is 11.8. The number of aromatic hydroxyl groups is 1. The molecule has 0 amide bonds. The Morgan fingerprint density at radius 1 is 1.04 bits per heavy atom. The lowest BCUT2D eigenvalue weighted by molar-refractivity contribution is -0.137. The lowest BCUT2D eigenvalue weighted by Gasteiger charge is -2.06. The molecule has 0 unspecified atom stereocenters. The molecular weight excluding hydrogens is 307 g/mol. The predicted octanol–water partition coefficient (Wildman–Crippen LogP) is 4.66. The van der Waals surface area contributed by atoms with Gasteiger partial charge in [-0.15, -0.1) is 0 Å². The van der Waals surface area contributed by atoms with Gasteiger partial charge in [0, 0.05) is 12.0 Å². The second kappa shape index (κ2) is 5.79. The van der Waals surface area contributed by atoms with E-state index in [9.17, 15) is 18.3 Å². The van der Waals surface area contributed by atoms with Gasteiger partial charge in [-0.25, -0.2) is 4.98 Å². The highest BCUT2D eigenvalue weighted by molar-refractivity contribution is 5.58. The molecule has 0 atom stereocenters. The summed E-state index contributed by atoms with van der Waals surface area (Å²) in [6.45, 7) is 0. The van der Waals surface area contributed by atoms with Crippen LogP contribution in [0.1, 0.15) is 17.0 Å². The van der Waals surface area contributed by atoms with Crippen molar-refractivity contribution in [1.82, 2.24) is 4.98 Å². The van der Waals surface area contributed by atoms with Crippen molar-refractivity contribution in [3.8, 4) is 17.1 Å². The molecule has 118 valence electrons. The summed E-state index contributed by atoms with van der Waals surface area (Å²) in [5.41, 5.74) is 0.660. The molecule has 0 aliphatic rings. The van der Waals surface area contributed by atoms with Crippen LogP contribution < -0.4 is 0 Å². The molecular formula is C17H12F3NO2. The maximum Gasteiger partial charge on any atom is 0.416 e. The molecule has 0 fully saturated rings. The zero-order chi connectivity index (χ0) is 16.4. The standard InChI is InChI=1S/C17H12F3NO2/c18-17(19,20)13-6-4-11(5-7-13)8-16-21-10-15(23-16)12-2-1-3-14(22)9-12/h1-7,9-10,22H,8H2. The van der Waals surface area contributed by atoms with E-state index in [-0.39, 0.29) is 12.2 Å². The van der Waals surface area contributed by atoms with Crippen LogP contribution in [-0.2, 0) is 12.6 Å². The maximum absolute atomic E-state index is 12.5. The van der Waals surface area contributed by atoms with Crippen LogP contribution in [0.4, 0.5) is 13.2 Å². The quantitative estimate of drug-likeness (QED) is 0.764. The zero-order valence-electron chi connectivity index (χ0n) is 11.8. The van der Waals surface area contributed by atoms with Crippen LogP contribution in [0.15, 0.2) is 59.1 Å². The summed E-state index contributed by atoms with van der Waals surface area (Å²) in [5.74, 6) is 0.995. The predicted molar refractivity (Wildman–Crippen MR) is 77.9 cm³/mol. The highest BCUT2D eigenvalue weighted by atomic mass is 19.4. The molecule has 0 spiro atoms. The third kappa shape index (κ3) is 3.53. The van der Waals surface area contributed by atoms with E-state index < -0.39 is 11.7 Å². The monoisotopic (exact) mass is 319 g/mol. The summed E-state index contributed by atoms with van der Waals surface area (Å²) in [6.07, 6.45) is -2.53. The largest absolute Gasteiger partial charge is 0.508 e. The molecule has 1 aromatic heterocycles. The Balaban J connectivity index is 1.77. The van der Waals surface area contributed by atoms with Crippen molar-refractivity contribution in [2.45, 2.75) is 12.6 Å². The van der Waals surface area contributed by atoms with Crippen molar-refractivity contribution in [3.63, 3.8) is 0 Å². The molecule has 6 heteroatoms. The van der Waals surface area contributed by atoms with Crippen molar-refractivity contribution in [3.05, 3.63) is 71.7 Å². The third-order valence-electron chi connectivity index (χ3n) is 3.32. The average Bonchev–Trinajstić information content (AvgIpc) is 2.95. The molecule has 2 aromatic carbocycles. The van der Waals surface area contributed by atoms with Gasteiger partial charge in [0.15, 0.2) is 11.7 Å². The number of nitrogens with zero attached hydrogens (tertiary/aromatic N) is 1. The van der Waals surface area contributed by atoms with Gasteiger partial charge >= 0.3 is 6.18 Å². The smallest absolute Gasteiger partial charge is 0.416 e. The molecule has 1 N–H and O–H groups in total. The van der Waals surface area contributed by atoms with Crippen LogP contribution in [0, 0.1) is 0 Å². The molecule has 0 saturated carbocycles. The van der Waals surface area contributed by atoms with Gasteiger partial charge < -0.3 is 9.52 Å². The van der Waals surface area contributed by atoms with E-state index in [1.807, 2.05) is 0 Å². The van der Waals surface area contributed by atoms with Crippen LogP contribution in [0.5, 0.6) is 5.75 Å². The summed E-state index contributed by atoms with van der Waals surface area (Å²) in [6, 6.07) is 11.4. The van der Waals surface area contributed by atoms with Crippen molar-refractivity contribution in [2.24, 2.45) is 0 Å². The first-order chi connectivity index (χ1) is 10.9. The van der Waals surface area contributed by atoms with E-state index in [1.165, 1.54) is 18.3 Å². The Hall–Kier alpha value is -2.76. The Kier molecular flexibility index (Phi) is 3.82. The van der Waals surface area contributed by atoms with Crippen molar-refractivity contribution in [2.75, 3.05) is 0 Å². The molecule has 23 heavy (non-hydrogen) atoms. The summed E-state index contributed by atoms with van der Waals surface area (Å²) in [5, 5.41) is 9.45. The minimum Gasteiger partial charge on any atom is -0.508 e. The van der Waals surface area contributed by atoms with Gasteiger partial charge in [0.25, 0.3) is 0 Å². The number of phenols is 1. The molecule has 3 aromatic rings. The number of hydrogen-bond acceptors (Lipinski definition) is 3. The van der Waals surface area contributed by atoms with E-state index in [0.29, 0.717) is 22.8 Å². The number of alkyl halides is 3. The van der Waals surface area contributed by atoms with E-state index in [1.54, 1.807) is 24.3 Å². The molecule has 3 nitrogen and oxygen atoms in total. The molecule has 0 aliphatic carbocycles. The number of oxazole rings is 1. The van der Waals surface area contributed by atoms with E-state index in [0.717, 1.165) is 12.1 Å². The third-order valence-corrected chi connectivity index (χ3v) is 3.32. The number of benzene rings is 2. The van der Waals surface area contributed by atoms with Crippen molar-refractivity contribution >= 4 is 0 Å². The fourth-order valence-corrected chi connectivity index (χ4v) is 2.17. The van der Waals surface area contributed by atoms with Gasteiger partial charge in [0.05, 0.1) is 11.8 Å². The first-order valence-electron chi connectivity index (χ1n) is 6.82. The van der Waals surface area contributed by atoms with Crippen LogP contribution >= 0.6 is 0 Å². The van der Waals surface area contributed by atoms with Gasteiger partial charge in [-0.2, -0.15) is 13.2 Å². The number of phenolic OH excluding ortho intramolecular Hbond substituents is 1. The number of hydrogen-bond donors (Lipinski definition) is 1. The second-order valence-corrected chi connectivity index (χ2v) is 5.04. The van der Waals surface area contributed by atoms with E-state index >= 15 is 0 Å². The summed E-state index contributed by atoms with van der Waals surface area (Å²) < 4.78 is 43.1. The first kappa shape index (κ1) is 15.1. The lowest BCUT2D eigenvalue weighted by atomic mass is 10.1. The molecule has 0 saturated heterocycles. The van der Waals surface area contributed by atoms with Crippen LogP contribution in [0.2, 0.25) is 0 Å². The molecule has 0 radical (unpaired) electrons. The summed E-state index contributed by atoms with van der Waals surface area (Å²) in [4.78, 5) is 4.12. The van der Waals surface area contributed by atoms with Crippen LogP contribution in [-0.4, -0.2) is 10.1 Å². The molecule has 0 aliphatic heterocycles. The van der Waals surface area contributed by atoms with Crippen molar-refractivity contribution in [1.29, 1.82) is 0 Å². The van der Waals surface area contributed by atoms with E-state index in [4.69, 9.17) is 4.42 Å². The lowest BCUT2D eigenvalue weighted by Crippen LogP contribution is -2.04. The van der Waals surface area contributed by atoms with Crippen LogP contribution in [0.25, 0.3) is 11.3 Å². The van der Waals surface area contributed by atoms with E-state index in [2.05, 4.69) is 4.98 Å². The van der Waals surface area contributed by atoms with Gasteiger partial charge in [-0.1, -0.05) is 24.3 Å². The SMILES string of the molecule is Oc1cccc(-c2cnc(Cc3ccc(C(F)(F)F)cc3)o2)c1. The average molecular weight is 319 g/mol. The number of halogens is 3. The van der Waals surface area contributed by atoms with Gasteiger partial charge in [-0.05, 0) is 29.8 Å². The van der Waals surface area contributed by atoms with Gasteiger partial charge in [0.2, 0.25) is 0 Å². The highest BCUT2D eigenvalue weighted by Crippen LogP contribution is 2.29. The number of rotatable bonds is 3.